The van der Waals surface area contributed by atoms with E-state index in [9.17, 15) is 9.90 Å². The first-order valence-electron chi connectivity index (χ1n) is 9.02. The molecule has 0 radical (unpaired) electrons. The van der Waals surface area contributed by atoms with Crippen molar-refractivity contribution in [3.05, 3.63) is 29.8 Å². The molecule has 1 saturated heterocycles. The number of carbonyl (C=O) groups excluding carboxylic acids is 1. The van der Waals surface area contributed by atoms with Gasteiger partial charge in [0.15, 0.2) is 0 Å². The van der Waals surface area contributed by atoms with Gasteiger partial charge in [0, 0.05) is 19.6 Å². The van der Waals surface area contributed by atoms with Crippen LogP contribution in [-0.2, 0) is 6.54 Å². The molecule has 0 saturated carbocycles. The van der Waals surface area contributed by atoms with Crippen LogP contribution in [0.5, 0.6) is 5.75 Å². The van der Waals surface area contributed by atoms with E-state index in [1.807, 2.05) is 36.1 Å². The van der Waals surface area contributed by atoms with Crippen molar-refractivity contribution in [1.29, 1.82) is 0 Å². The number of nitrogens with one attached hydrogen (secondary N) is 1. The summed E-state index contributed by atoms with van der Waals surface area (Å²) in [6, 6.07) is 7.84. The molecule has 1 fully saturated rings. The van der Waals surface area contributed by atoms with Crippen molar-refractivity contribution in [2.24, 2.45) is 5.92 Å². The zero-order chi connectivity index (χ0) is 17.4. The predicted molar refractivity (Wildman–Crippen MR) is 95.1 cm³/mol. The molecule has 2 N–H and O–H groups in total. The van der Waals surface area contributed by atoms with Crippen LogP contribution < -0.4 is 10.1 Å². The molecule has 5 heteroatoms. The van der Waals surface area contributed by atoms with Gasteiger partial charge in [0.25, 0.3) is 0 Å². The van der Waals surface area contributed by atoms with E-state index in [0.29, 0.717) is 25.6 Å². The van der Waals surface area contributed by atoms with Crippen LogP contribution in [0.15, 0.2) is 24.3 Å². The minimum Gasteiger partial charge on any atom is -0.494 e. The molecule has 5 nitrogen and oxygen atoms in total. The van der Waals surface area contributed by atoms with E-state index in [1.54, 1.807) is 0 Å². The summed E-state index contributed by atoms with van der Waals surface area (Å²) in [7, 11) is 0. The van der Waals surface area contributed by atoms with Crippen molar-refractivity contribution in [3.8, 4) is 5.75 Å². The van der Waals surface area contributed by atoms with Crippen molar-refractivity contribution >= 4 is 6.03 Å². The summed E-state index contributed by atoms with van der Waals surface area (Å²) >= 11 is 0. The van der Waals surface area contributed by atoms with Crippen LogP contribution in [-0.4, -0.2) is 41.8 Å². The van der Waals surface area contributed by atoms with Crippen LogP contribution >= 0.6 is 0 Å². The Bertz CT molecular complexity index is 511. The van der Waals surface area contributed by atoms with Gasteiger partial charge in [-0.15, -0.1) is 0 Å². The fraction of sp³-hybridized carbons (Fsp3) is 0.632. The first kappa shape index (κ1) is 18.6. The number of urea groups is 1. The SMILES string of the molecule is CCCCOc1cccc(CNC(=O)N2CCC(C(C)O)CC2)c1. The van der Waals surface area contributed by atoms with E-state index in [0.717, 1.165) is 43.6 Å². The maximum atomic E-state index is 12.3. The van der Waals surface area contributed by atoms with E-state index < -0.39 is 0 Å². The van der Waals surface area contributed by atoms with Crippen LogP contribution in [0.25, 0.3) is 0 Å². The molecule has 0 aliphatic carbocycles. The quantitative estimate of drug-likeness (QED) is 0.753. The van der Waals surface area contributed by atoms with E-state index in [1.165, 1.54) is 0 Å². The summed E-state index contributed by atoms with van der Waals surface area (Å²) in [6.07, 6.45) is 3.60. The Morgan fingerprint density at radius 2 is 2.17 bits per heavy atom. The lowest BCUT2D eigenvalue weighted by Crippen LogP contribution is -2.45. The fourth-order valence-corrected chi connectivity index (χ4v) is 2.95. The lowest BCUT2D eigenvalue weighted by atomic mass is 9.92. The van der Waals surface area contributed by atoms with Gasteiger partial charge in [-0.25, -0.2) is 4.79 Å². The van der Waals surface area contributed by atoms with Gasteiger partial charge in [-0.2, -0.15) is 0 Å². The van der Waals surface area contributed by atoms with E-state index >= 15 is 0 Å². The molecular weight excluding hydrogens is 304 g/mol. The maximum Gasteiger partial charge on any atom is 0.317 e. The van der Waals surface area contributed by atoms with Crippen LogP contribution in [0.3, 0.4) is 0 Å². The molecule has 0 spiro atoms. The summed E-state index contributed by atoms with van der Waals surface area (Å²) in [5, 5.41) is 12.6. The molecule has 2 rings (SSSR count). The van der Waals surface area contributed by atoms with Gasteiger partial charge in [0.1, 0.15) is 5.75 Å². The van der Waals surface area contributed by atoms with Crippen molar-refractivity contribution in [3.63, 3.8) is 0 Å². The van der Waals surface area contributed by atoms with E-state index in [4.69, 9.17) is 4.74 Å². The molecule has 2 amide bonds. The lowest BCUT2D eigenvalue weighted by molar-refractivity contribution is 0.0798. The van der Waals surface area contributed by atoms with Gasteiger partial charge in [-0.3, -0.25) is 0 Å². The van der Waals surface area contributed by atoms with Gasteiger partial charge in [0.2, 0.25) is 0 Å². The number of rotatable bonds is 7. The second-order valence-electron chi connectivity index (χ2n) is 6.57. The van der Waals surface area contributed by atoms with Gasteiger partial charge in [0.05, 0.1) is 12.7 Å². The third-order valence-electron chi connectivity index (χ3n) is 4.62. The molecule has 1 aromatic rings. The Morgan fingerprint density at radius 3 is 2.83 bits per heavy atom. The summed E-state index contributed by atoms with van der Waals surface area (Å²) in [5.41, 5.74) is 1.04. The Balaban J connectivity index is 1.76. The monoisotopic (exact) mass is 334 g/mol. The van der Waals surface area contributed by atoms with Gasteiger partial charge in [-0.05, 0) is 49.8 Å². The number of nitrogens with zero attached hydrogens (tertiary/aromatic N) is 1. The number of ether oxygens (including phenoxy) is 1. The lowest BCUT2D eigenvalue weighted by Gasteiger charge is -2.33. The zero-order valence-electron chi connectivity index (χ0n) is 14.8. The number of aliphatic hydroxyl groups excluding tert-OH is 1. The number of benzene rings is 1. The van der Waals surface area contributed by atoms with Crippen molar-refractivity contribution in [2.75, 3.05) is 19.7 Å². The number of hydrogen-bond acceptors (Lipinski definition) is 3. The molecule has 1 aliphatic rings. The highest BCUT2D eigenvalue weighted by Gasteiger charge is 2.25. The molecule has 1 aliphatic heterocycles. The number of carbonyl (C=O) groups is 1. The van der Waals surface area contributed by atoms with Crippen molar-refractivity contribution in [1.82, 2.24) is 10.2 Å². The van der Waals surface area contributed by atoms with Gasteiger partial charge >= 0.3 is 6.03 Å². The number of aliphatic hydroxyl groups is 1. The number of amides is 2. The van der Waals surface area contributed by atoms with Crippen LogP contribution in [0.4, 0.5) is 4.79 Å². The average Bonchev–Trinajstić information content (AvgIpc) is 2.60. The highest BCUT2D eigenvalue weighted by molar-refractivity contribution is 5.74. The Kier molecular flexibility index (Phi) is 7.37. The van der Waals surface area contributed by atoms with Crippen LogP contribution in [0.2, 0.25) is 0 Å². The van der Waals surface area contributed by atoms with Crippen molar-refractivity contribution < 1.29 is 14.6 Å². The molecule has 134 valence electrons. The molecule has 1 atom stereocenters. The van der Waals surface area contributed by atoms with E-state index in [2.05, 4.69) is 12.2 Å². The molecule has 0 aromatic heterocycles. The maximum absolute atomic E-state index is 12.3. The smallest absolute Gasteiger partial charge is 0.317 e. The third kappa shape index (κ3) is 5.71. The Labute approximate surface area is 145 Å². The summed E-state index contributed by atoms with van der Waals surface area (Å²) in [6.45, 7) is 6.61. The molecule has 1 unspecified atom stereocenters. The molecule has 0 bridgehead atoms. The van der Waals surface area contributed by atoms with Crippen molar-refractivity contribution in [2.45, 2.75) is 52.2 Å². The fourth-order valence-electron chi connectivity index (χ4n) is 2.95. The second kappa shape index (κ2) is 9.52. The zero-order valence-corrected chi connectivity index (χ0v) is 14.8. The number of unbranched alkanes of at least 4 members (excludes halogenated alkanes) is 1. The Hall–Kier alpha value is -1.75. The van der Waals surface area contributed by atoms with E-state index in [-0.39, 0.29) is 12.1 Å². The number of piperidine rings is 1. The standard InChI is InChI=1S/C19H30N2O3/c1-3-4-12-24-18-7-5-6-16(13-18)14-20-19(23)21-10-8-17(9-11-21)15(2)22/h5-7,13,15,17,22H,3-4,8-12,14H2,1-2H3,(H,20,23). The first-order chi connectivity index (χ1) is 11.6. The average molecular weight is 334 g/mol. The highest BCUT2D eigenvalue weighted by Crippen LogP contribution is 2.20. The van der Waals surface area contributed by atoms with Gasteiger partial charge < -0.3 is 20.1 Å². The highest BCUT2D eigenvalue weighted by atomic mass is 16.5. The minimum atomic E-state index is -0.286. The molecule has 1 aromatic carbocycles. The second-order valence-corrected chi connectivity index (χ2v) is 6.57. The molecule has 1 heterocycles. The normalized spacial score (nSPS) is 16.7. The molecular formula is C19H30N2O3. The number of likely N-dealkylation sites (tertiary alicyclic amines) is 1. The summed E-state index contributed by atoms with van der Waals surface area (Å²) in [5.74, 6) is 1.17. The van der Waals surface area contributed by atoms with Crippen LogP contribution in [0, 0.1) is 5.92 Å². The Morgan fingerprint density at radius 1 is 1.42 bits per heavy atom. The third-order valence-corrected chi connectivity index (χ3v) is 4.62. The van der Waals surface area contributed by atoms with Crippen LogP contribution in [0.1, 0.15) is 45.1 Å². The predicted octanol–water partition coefficient (Wildman–Crippen LogP) is 3.17. The first-order valence-corrected chi connectivity index (χ1v) is 9.02. The molecule has 24 heavy (non-hydrogen) atoms. The number of hydrogen-bond donors (Lipinski definition) is 2. The summed E-state index contributed by atoms with van der Waals surface area (Å²) < 4.78 is 5.70. The summed E-state index contributed by atoms with van der Waals surface area (Å²) in [4.78, 5) is 14.1. The largest absolute Gasteiger partial charge is 0.494 e. The minimum absolute atomic E-state index is 0.0312. The van der Waals surface area contributed by atoms with Gasteiger partial charge in [-0.1, -0.05) is 25.5 Å². The topological polar surface area (TPSA) is 61.8 Å².